The fourth-order valence-electron chi connectivity index (χ4n) is 4.82. The number of halogens is 2. The van der Waals surface area contributed by atoms with E-state index in [1.807, 2.05) is 6.07 Å². The zero-order valence-electron chi connectivity index (χ0n) is 23.8. The predicted molar refractivity (Wildman–Crippen MR) is 175 cm³/mol. The number of aromatic carboxylic acids is 1. The van der Waals surface area contributed by atoms with Gasteiger partial charge in [-0.15, -0.1) is 0 Å². The maximum atomic E-state index is 13.9. The third kappa shape index (κ3) is 6.44. The van der Waals surface area contributed by atoms with Crippen LogP contribution in [0.4, 0.5) is 0 Å². The minimum Gasteiger partial charge on any atom is -0.493 e. The minimum absolute atomic E-state index is 0.137. The lowest BCUT2D eigenvalue weighted by atomic mass is 9.96. The summed E-state index contributed by atoms with van der Waals surface area (Å²) < 4.78 is 19.7. The van der Waals surface area contributed by atoms with Gasteiger partial charge >= 0.3 is 11.9 Å². The Morgan fingerprint density at radius 3 is 2.59 bits per heavy atom. The second kappa shape index (κ2) is 13.4. The van der Waals surface area contributed by atoms with Crippen LogP contribution in [0.15, 0.2) is 81.7 Å². The highest BCUT2D eigenvalue weighted by atomic mass is 127. The van der Waals surface area contributed by atoms with Gasteiger partial charge in [-0.3, -0.25) is 9.36 Å². The third-order valence-corrected chi connectivity index (χ3v) is 8.85. The molecule has 1 N–H and O–H groups in total. The number of carbonyl (C=O) groups is 2. The molecule has 0 unspecified atom stereocenters. The summed E-state index contributed by atoms with van der Waals surface area (Å²) in [5.74, 6) is -0.609. The number of carbonyl (C=O) groups excluding carboxylic acids is 1. The second-order valence-corrected chi connectivity index (χ2v) is 12.3. The van der Waals surface area contributed by atoms with Gasteiger partial charge in [0.25, 0.3) is 5.56 Å². The van der Waals surface area contributed by atoms with Crippen LogP contribution < -0.4 is 24.4 Å². The van der Waals surface area contributed by atoms with Crippen LogP contribution in [-0.4, -0.2) is 35.3 Å². The molecule has 1 aliphatic heterocycles. The van der Waals surface area contributed by atoms with Crippen molar-refractivity contribution in [3.63, 3.8) is 0 Å². The molecule has 5 rings (SSSR count). The Bertz CT molecular complexity index is 1980. The molecule has 0 amide bonds. The van der Waals surface area contributed by atoms with E-state index >= 15 is 0 Å². The van der Waals surface area contributed by atoms with Gasteiger partial charge in [-0.2, -0.15) is 0 Å². The topological polar surface area (TPSA) is 116 Å². The van der Waals surface area contributed by atoms with Crippen LogP contribution in [0, 0.1) is 3.57 Å². The smallest absolute Gasteiger partial charge is 0.338 e. The number of allylic oxidation sites excluding steroid dienone is 1. The number of hydrogen-bond acceptors (Lipinski definition) is 8. The Kier molecular flexibility index (Phi) is 9.56. The highest BCUT2D eigenvalue weighted by molar-refractivity contribution is 14.1. The molecule has 0 bridgehead atoms. The molecule has 9 nitrogen and oxygen atoms in total. The molecular formula is C32H26ClIN2O7S. The normalized spacial score (nSPS) is 14.6. The van der Waals surface area contributed by atoms with Crippen LogP contribution in [0.3, 0.4) is 0 Å². The zero-order valence-corrected chi connectivity index (χ0v) is 27.5. The fraction of sp³-hybridized carbons (Fsp3) is 0.188. The Balaban J connectivity index is 1.55. The van der Waals surface area contributed by atoms with Gasteiger partial charge in [0.05, 0.1) is 44.7 Å². The average Bonchev–Trinajstić information content (AvgIpc) is 3.30. The summed E-state index contributed by atoms with van der Waals surface area (Å²) in [5, 5.41) is 9.81. The van der Waals surface area contributed by atoms with Crippen molar-refractivity contribution in [3.8, 4) is 11.5 Å². The molecule has 0 fully saturated rings. The fourth-order valence-corrected chi connectivity index (χ4v) is 6.77. The average molecular weight is 745 g/mol. The number of fused-ring (bicyclic) bond motifs is 1. The van der Waals surface area contributed by atoms with E-state index in [2.05, 4.69) is 27.6 Å². The highest BCUT2D eigenvalue weighted by Gasteiger charge is 2.33. The van der Waals surface area contributed by atoms with Gasteiger partial charge in [0.2, 0.25) is 0 Å². The first-order valence-corrected chi connectivity index (χ1v) is 15.7. The summed E-state index contributed by atoms with van der Waals surface area (Å²) >= 11 is 9.48. The first-order valence-electron chi connectivity index (χ1n) is 13.4. The van der Waals surface area contributed by atoms with Gasteiger partial charge in [0, 0.05) is 5.02 Å². The molecule has 3 aromatic carbocycles. The van der Waals surface area contributed by atoms with E-state index in [4.69, 9.17) is 25.8 Å². The molecule has 0 radical (unpaired) electrons. The summed E-state index contributed by atoms with van der Waals surface area (Å²) in [6, 6.07) is 16.4. The molecule has 0 saturated heterocycles. The van der Waals surface area contributed by atoms with Crippen LogP contribution in [0.2, 0.25) is 5.02 Å². The molecule has 0 aliphatic carbocycles. The standard InChI is InChI=1S/C32H26ClIN2O7S/c1-4-42-31(40)26-17(2)35-32-36(27(26)20-8-10-22(33)11-9-20)29(37)25(44-32)15-19-13-23(34)28(24(14-19)41-3)43-16-18-6-5-7-21(12-18)30(38)39/h5-15,27H,4,16H2,1-3H3,(H,38,39)/b25-15-/t27-/m0/s1. The zero-order chi connectivity index (χ0) is 31.5. The quantitative estimate of drug-likeness (QED) is 0.182. The van der Waals surface area contributed by atoms with Crippen LogP contribution in [-0.2, 0) is 16.1 Å². The van der Waals surface area contributed by atoms with Gasteiger partial charge in [0.1, 0.15) is 6.61 Å². The van der Waals surface area contributed by atoms with E-state index < -0.39 is 18.0 Å². The minimum atomic E-state index is -1.01. The number of rotatable bonds is 9. The van der Waals surface area contributed by atoms with Crippen molar-refractivity contribution >= 4 is 63.5 Å². The molecule has 0 spiro atoms. The van der Waals surface area contributed by atoms with Crippen molar-refractivity contribution < 1.29 is 28.9 Å². The van der Waals surface area contributed by atoms with E-state index in [1.165, 1.54) is 29.1 Å². The van der Waals surface area contributed by atoms with Crippen molar-refractivity contribution in [2.45, 2.75) is 26.5 Å². The first-order chi connectivity index (χ1) is 21.1. The van der Waals surface area contributed by atoms with E-state index in [0.717, 1.165) is 3.57 Å². The molecule has 44 heavy (non-hydrogen) atoms. The number of aromatic nitrogens is 1. The van der Waals surface area contributed by atoms with Crippen molar-refractivity contribution in [2.24, 2.45) is 4.99 Å². The Morgan fingerprint density at radius 2 is 1.91 bits per heavy atom. The summed E-state index contributed by atoms with van der Waals surface area (Å²) in [6.45, 7) is 3.78. The number of carboxylic acids is 1. The van der Waals surface area contributed by atoms with E-state index in [0.29, 0.717) is 53.8 Å². The molecular weight excluding hydrogens is 719 g/mol. The summed E-state index contributed by atoms with van der Waals surface area (Å²) in [4.78, 5) is 43.4. The second-order valence-electron chi connectivity index (χ2n) is 9.68. The number of esters is 1. The molecule has 226 valence electrons. The lowest BCUT2D eigenvalue weighted by Crippen LogP contribution is -2.39. The number of methoxy groups -OCH3 is 1. The maximum absolute atomic E-state index is 13.9. The van der Waals surface area contributed by atoms with Gasteiger partial charge in [-0.1, -0.05) is 47.2 Å². The highest BCUT2D eigenvalue weighted by Crippen LogP contribution is 2.35. The Morgan fingerprint density at radius 1 is 1.16 bits per heavy atom. The van der Waals surface area contributed by atoms with Gasteiger partial charge < -0.3 is 19.3 Å². The van der Waals surface area contributed by atoms with Crippen molar-refractivity contribution in [1.82, 2.24) is 4.57 Å². The van der Waals surface area contributed by atoms with Gasteiger partial charge in [-0.25, -0.2) is 14.6 Å². The Hall–Kier alpha value is -3.94. The van der Waals surface area contributed by atoms with Crippen LogP contribution in [0.1, 0.15) is 46.9 Å². The Labute approximate surface area is 274 Å². The van der Waals surface area contributed by atoms with E-state index in [-0.39, 0.29) is 24.3 Å². The van der Waals surface area contributed by atoms with Crippen molar-refractivity contribution in [2.75, 3.05) is 13.7 Å². The number of benzene rings is 3. The third-order valence-electron chi connectivity index (χ3n) is 6.81. The SMILES string of the molecule is CCOC(=O)C1=C(C)N=c2s/c(=C\c3cc(I)c(OCc4cccc(C(=O)O)c4)c(OC)c3)c(=O)n2[C@H]1c1ccc(Cl)cc1. The van der Waals surface area contributed by atoms with Crippen LogP contribution in [0.5, 0.6) is 11.5 Å². The molecule has 0 saturated carbocycles. The predicted octanol–water partition coefficient (Wildman–Crippen LogP) is 5.34. The molecule has 1 aromatic heterocycles. The summed E-state index contributed by atoms with van der Waals surface area (Å²) in [5.41, 5.74) is 2.72. The molecule has 12 heteroatoms. The number of nitrogens with zero attached hydrogens (tertiary/aromatic N) is 2. The van der Waals surface area contributed by atoms with Gasteiger partial charge in [0.15, 0.2) is 16.3 Å². The number of carboxylic acid groups (broad SMARTS) is 1. The number of thiazole rings is 1. The summed E-state index contributed by atoms with van der Waals surface area (Å²) in [6.07, 6.45) is 1.75. The molecule has 1 aliphatic rings. The monoisotopic (exact) mass is 744 g/mol. The molecule has 1 atom stereocenters. The number of hydrogen-bond donors (Lipinski definition) is 1. The lowest BCUT2D eigenvalue weighted by molar-refractivity contribution is -0.139. The van der Waals surface area contributed by atoms with E-state index in [9.17, 15) is 19.5 Å². The van der Waals surface area contributed by atoms with Crippen LogP contribution >= 0.6 is 45.5 Å². The summed E-state index contributed by atoms with van der Waals surface area (Å²) in [7, 11) is 1.52. The van der Waals surface area contributed by atoms with Crippen molar-refractivity contribution in [1.29, 1.82) is 0 Å². The van der Waals surface area contributed by atoms with Crippen LogP contribution in [0.25, 0.3) is 6.08 Å². The molecule has 4 aromatic rings. The molecule has 2 heterocycles. The maximum Gasteiger partial charge on any atom is 0.338 e. The first kappa shape index (κ1) is 31.5. The lowest BCUT2D eigenvalue weighted by Gasteiger charge is -2.24. The number of ether oxygens (including phenoxy) is 3. The van der Waals surface area contributed by atoms with E-state index in [1.54, 1.807) is 68.5 Å². The van der Waals surface area contributed by atoms with Crippen molar-refractivity contribution in [3.05, 3.63) is 122 Å². The van der Waals surface area contributed by atoms with Gasteiger partial charge in [-0.05, 0) is 95.6 Å². The largest absolute Gasteiger partial charge is 0.493 e.